The second-order valence-corrected chi connectivity index (χ2v) is 9.10. The van der Waals surface area contributed by atoms with Gasteiger partial charge in [-0.1, -0.05) is 6.07 Å². The van der Waals surface area contributed by atoms with Crippen LogP contribution >= 0.6 is 11.3 Å². The van der Waals surface area contributed by atoms with Crippen LogP contribution in [0.25, 0.3) is 0 Å². The van der Waals surface area contributed by atoms with Gasteiger partial charge in [0.15, 0.2) is 5.96 Å². The summed E-state index contributed by atoms with van der Waals surface area (Å²) in [7, 11) is 3.66. The largest absolute Gasteiger partial charge is 0.356 e. The number of aromatic nitrogens is 2. The molecule has 4 heterocycles. The molecule has 0 spiro atoms. The molecule has 162 valence electrons. The number of carbonyl (C=O) groups is 1. The van der Waals surface area contributed by atoms with Crippen molar-refractivity contribution < 1.29 is 4.79 Å². The molecule has 2 aliphatic heterocycles. The number of anilines is 1. The van der Waals surface area contributed by atoms with E-state index in [4.69, 9.17) is 0 Å². The summed E-state index contributed by atoms with van der Waals surface area (Å²) in [5, 5.41) is 9.85. The van der Waals surface area contributed by atoms with Crippen molar-refractivity contribution in [1.82, 2.24) is 24.9 Å². The minimum absolute atomic E-state index is 0.0825. The van der Waals surface area contributed by atoms with E-state index in [2.05, 4.69) is 42.7 Å². The van der Waals surface area contributed by atoms with Gasteiger partial charge in [-0.3, -0.25) is 19.4 Å². The fourth-order valence-electron chi connectivity index (χ4n) is 4.21. The highest BCUT2D eigenvalue weighted by Gasteiger charge is 2.28. The van der Waals surface area contributed by atoms with Gasteiger partial charge in [-0.15, -0.1) is 11.3 Å². The third-order valence-corrected chi connectivity index (χ3v) is 6.81. The summed E-state index contributed by atoms with van der Waals surface area (Å²) in [4.78, 5) is 25.0. The van der Waals surface area contributed by atoms with E-state index in [1.807, 2.05) is 24.6 Å². The first-order valence-electron chi connectivity index (χ1n) is 10.6. The second kappa shape index (κ2) is 9.61. The fraction of sp³-hybridized carbons (Fsp3) is 0.571. The van der Waals surface area contributed by atoms with Gasteiger partial charge in [0.25, 0.3) is 0 Å². The molecule has 2 saturated heterocycles. The lowest BCUT2D eigenvalue weighted by Gasteiger charge is -2.36. The van der Waals surface area contributed by atoms with Crippen LogP contribution in [0.4, 0.5) is 5.69 Å². The topological polar surface area (TPSA) is 69.0 Å². The van der Waals surface area contributed by atoms with Crippen molar-refractivity contribution in [3.63, 3.8) is 0 Å². The first-order chi connectivity index (χ1) is 14.6. The Kier molecular flexibility index (Phi) is 6.69. The number of aliphatic imine (C=N–C) groups is 1. The number of hydrogen-bond donors (Lipinski definition) is 1. The molecule has 2 aromatic heterocycles. The number of piperazine rings is 1. The van der Waals surface area contributed by atoms with Crippen LogP contribution in [0.2, 0.25) is 0 Å². The number of amides is 1. The Balaban J connectivity index is 1.22. The van der Waals surface area contributed by atoms with Crippen LogP contribution in [0, 0.1) is 5.92 Å². The van der Waals surface area contributed by atoms with Crippen molar-refractivity contribution >= 4 is 28.9 Å². The predicted molar refractivity (Wildman–Crippen MR) is 121 cm³/mol. The number of rotatable bonds is 5. The Morgan fingerprint density at radius 3 is 2.77 bits per heavy atom. The zero-order valence-electron chi connectivity index (χ0n) is 17.8. The zero-order valence-corrected chi connectivity index (χ0v) is 18.6. The number of aryl methyl sites for hydroxylation is 1. The van der Waals surface area contributed by atoms with Gasteiger partial charge in [-0.05, 0) is 43.3 Å². The Bertz CT molecular complexity index is 855. The lowest BCUT2D eigenvalue weighted by atomic mass is 9.97. The molecule has 4 rings (SSSR count). The molecule has 0 atom stereocenters. The SMILES string of the molecule is CN=C(NCC1CCN(Cc2cccs2)CC1)N1CCN(c2cnn(C)c2)C(=O)C1. The smallest absolute Gasteiger partial charge is 0.246 e. The molecule has 1 N–H and O–H groups in total. The molecular weight excluding hydrogens is 398 g/mol. The third-order valence-electron chi connectivity index (χ3n) is 5.95. The molecule has 0 unspecified atom stereocenters. The molecule has 2 aromatic rings. The summed E-state index contributed by atoms with van der Waals surface area (Å²) >= 11 is 1.84. The first-order valence-corrected chi connectivity index (χ1v) is 11.5. The van der Waals surface area contributed by atoms with Crippen molar-refractivity contribution in [2.24, 2.45) is 18.0 Å². The minimum Gasteiger partial charge on any atom is -0.356 e. The highest BCUT2D eigenvalue weighted by Crippen LogP contribution is 2.20. The number of nitrogens with zero attached hydrogens (tertiary/aromatic N) is 6. The maximum atomic E-state index is 12.7. The predicted octanol–water partition coefficient (Wildman–Crippen LogP) is 1.62. The highest BCUT2D eigenvalue weighted by molar-refractivity contribution is 7.09. The molecule has 0 saturated carbocycles. The van der Waals surface area contributed by atoms with E-state index in [0.717, 1.165) is 44.4 Å². The molecule has 0 radical (unpaired) electrons. The van der Waals surface area contributed by atoms with Crippen molar-refractivity contribution in [2.75, 3.05) is 51.2 Å². The number of carbonyl (C=O) groups excluding carboxylic acids is 1. The van der Waals surface area contributed by atoms with Crippen LogP contribution in [0.5, 0.6) is 0 Å². The molecule has 8 nitrogen and oxygen atoms in total. The van der Waals surface area contributed by atoms with Crippen molar-refractivity contribution in [3.05, 3.63) is 34.8 Å². The van der Waals surface area contributed by atoms with Gasteiger partial charge in [0, 0.05) is 51.3 Å². The summed E-state index contributed by atoms with van der Waals surface area (Å²) in [5.41, 5.74) is 0.861. The fourth-order valence-corrected chi connectivity index (χ4v) is 4.96. The quantitative estimate of drug-likeness (QED) is 0.578. The van der Waals surface area contributed by atoms with Gasteiger partial charge in [0.1, 0.15) is 6.54 Å². The van der Waals surface area contributed by atoms with Crippen LogP contribution in [0.15, 0.2) is 34.9 Å². The monoisotopic (exact) mass is 429 g/mol. The maximum absolute atomic E-state index is 12.7. The van der Waals surface area contributed by atoms with Crippen LogP contribution in [-0.4, -0.2) is 77.8 Å². The number of likely N-dealkylation sites (tertiary alicyclic amines) is 1. The molecule has 9 heteroatoms. The van der Waals surface area contributed by atoms with Gasteiger partial charge in [0.2, 0.25) is 5.91 Å². The third kappa shape index (κ3) is 5.02. The van der Waals surface area contributed by atoms with E-state index in [-0.39, 0.29) is 5.91 Å². The van der Waals surface area contributed by atoms with E-state index in [9.17, 15) is 4.79 Å². The first kappa shape index (κ1) is 20.9. The van der Waals surface area contributed by atoms with Crippen molar-refractivity contribution in [3.8, 4) is 0 Å². The summed E-state index contributed by atoms with van der Waals surface area (Å²) in [6.45, 7) is 6.02. The van der Waals surface area contributed by atoms with E-state index in [1.54, 1.807) is 22.8 Å². The summed E-state index contributed by atoms with van der Waals surface area (Å²) in [5.74, 6) is 1.56. The van der Waals surface area contributed by atoms with Crippen LogP contribution in [0.1, 0.15) is 17.7 Å². The van der Waals surface area contributed by atoms with Crippen molar-refractivity contribution in [2.45, 2.75) is 19.4 Å². The average Bonchev–Trinajstić information content (AvgIpc) is 3.41. The van der Waals surface area contributed by atoms with Crippen molar-refractivity contribution in [1.29, 1.82) is 0 Å². The molecule has 0 bridgehead atoms. The highest BCUT2D eigenvalue weighted by atomic mass is 32.1. The molecule has 1 amide bonds. The Morgan fingerprint density at radius 1 is 1.30 bits per heavy atom. The van der Waals surface area contributed by atoms with Gasteiger partial charge in [-0.2, -0.15) is 5.10 Å². The summed E-state index contributed by atoms with van der Waals surface area (Å²) < 4.78 is 1.72. The lowest BCUT2D eigenvalue weighted by molar-refractivity contribution is -0.120. The van der Waals surface area contributed by atoms with Crippen LogP contribution in [0.3, 0.4) is 0 Å². The van der Waals surface area contributed by atoms with Crippen LogP contribution < -0.4 is 10.2 Å². The normalized spacial score (nSPS) is 19.5. The Hall–Kier alpha value is -2.39. The number of nitrogens with one attached hydrogen (secondary N) is 1. The molecule has 30 heavy (non-hydrogen) atoms. The summed E-state index contributed by atoms with van der Waals surface area (Å²) in [6.07, 6.45) is 6.02. The second-order valence-electron chi connectivity index (χ2n) is 8.07. The Morgan fingerprint density at radius 2 is 2.13 bits per heavy atom. The van der Waals surface area contributed by atoms with Gasteiger partial charge in [-0.25, -0.2) is 0 Å². The van der Waals surface area contributed by atoms with E-state index < -0.39 is 0 Å². The molecule has 0 aromatic carbocycles. The zero-order chi connectivity index (χ0) is 20.9. The number of piperidine rings is 1. The maximum Gasteiger partial charge on any atom is 0.246 e. The van der Waals surface area contributed by atoms with Gasteiger partial charge in [0.05, 0.1) is 11.9 Å². The van der Waals surface area contributed by atoms with E-state index in [1.165, 1.54) is 17.7 Å². The van der Waals surface area contributed by atoms with Crippen LogP contribution in [-0.2, 0) is 18.4 Å². The number of hydrogen-bond acceptors (Lipinski definition) is 5. The average molecular weight is 430 g/mol. The number of thiophene rings is 1. The molecular formula is C21H31N7OS. The standard InChI is InChI=1S/C21H31N7OS/c1-22-21(27-9-10-28(20(29)16-27)18-13-24-25(2)14-18)23-12-17-5-7-26(8-6-17)15-19-4-3-11-30-19/h3-4,11,13-14,17H,5-10,12,15-16H2,1-2H3,(H,22,23). The van der Waals surface area contributed by atoms with E-state index in [0.29, 0.717) is 19.0 Å². The number of guanidine groups is 1. The summed E-state index contributed by atoms with van der Waals surface area (Å²) in [6, 6.07) is 4.35. The van der Waals surface area contributed by atoms with E-state index >= 15 is 0 Å². The molecule has 2 aliphatic rings. The molecule has 2 fully saturated rings. The Labute approximate surface area is 182 Å². The van der Waals surface area contributed by atoms with Gasteiger partial charge < -0.3 is 15.1 Å². The minimum atomic E-state index is 0.0825. The molecule has 0 aliphatic carbocycles. The lowest BCUT2D eigenvalue weighted by Crippen LogP contribution is -2.56. The van der Waals surface area contributed by atoms with Gasteiger partial charge >= 0.3 is 0 Å².